The zero-order valence-corrected chi connectivity index (χ0v) is 14.8. The number of rotatable bonds is 5. The lowest BCUT2D eigenvalue weighted by atomic mass is 10.2. The van der Waals surface area contributed by atoms with Gasteiger partial charge in [0.2, 0.25) is 0 Å². The van der Waals surface area contributed by atoms with Crippen LogP contribution in [0.3, 0.4) is 0 Å². The molecule has 0 spiro atoms. The van der Waals surface area contributed by atoms with E-state index in [0.29, 0.717) is 18.5 Å². The summed E-state index contributed by atoms with van der Waals surface area (Å²) < 4.78 is 76.0. The fourth-order valence-electron chi connectivity index (χ4n) is 2.23. The van der Waals surface area contributed by atoms with Crippen LogP contribution in [-0.2, 0) is 6.18 Å². The highest BCUT2D eigenvalue weighted by molar-refractivity contribution is 6.09. The zero-order valence-electron chi connectivity index (χ0n) is 14.8. The number of nitrogens with one attached hydrogen (secondary N) is 1. The third kappa shape index (κ3) is 6.78. The number of aromatic nitrogens is 1. The van der Waals surface area contributed by atoms with E-state index in [-0.39, 0.29) is 23.9 Å². The van der Waals surface area contributed by atoms with Crippen molar-refractivity contribution in [3.05, 3.63) is 41.4 Å². The minimum absolute atomic E-state index is 0.0148. The number of aliphatic imine (C=N–C) groups is 3. The van der Waals surface area contributed by atoms with Crippen LogP contribution in [0.5, 0.6) is 0 Å². The maximum atomic E-state index is 12.9. The summed E-state index contributed by atoms with van der Waals surface area (Å²) in [5.41, 5.74) is -0.929. The van der Waals surface area contributed by atoms with Gasteiger partial charge in [0.15, 0.2) is 5.84 Å². The topological polar surface area (TPSA) is 62.0 Å². The Morgan fingerprint density at radius 1 is 1.18 bits per heavy atom. The molecule has 0 aliphatic carbocycles. The molecule has 0 unspecified atom stereocenters. The highest BCUT2D eigenvalue weighted by Gasteiger charge is 2.32. The third-order valence-electron chi connectivity index (χ3n) is 3.42. The van der Waals surface area contributed by atoms with E-state index < -0.39 is 24.5 Å². The number of allylic oxidation sites excluding steroid dienone is 2. The lowest BCUT2D eigenvalue weighted by Crippen LogP contribution is -2.27. The van der Waals surface area contributed by atoms with Crippen molar-refractivity contribution in [2.45, 2.75) is 38.5 Å². The van der Waals surface area contributed by atoms with E-state index in [1.54, 1.807) is 6.92 Å². The second kappa shape index (κ2) is 8.98. The molecule has 1 aromatic heterocycles. The van der Waals surface area contributed by atoms with E-state index in [0.717, 1.165) is 18.5 Å². The van der Waals surface area contributed by atoms with Gasteiger partial charge in [0.05, 0.1) is 13.0 Å². The molecule has 0 radical (unpaired) electrons. The van der Waals surface area contributed by atoms with Gasteiger partial charge < -0.3 is 5.32 Å². The van der Waals surface area contributed by atoms with Crippen molar-refractivity contribution < 1.29 is 26.3 Å². The van der Waals surface area contributed by atoms with E-state index in [1.807, 2.05) is 0 Å². The lowest BCUT2D eigenvalue weighted by Gasteiger charge is -2.13. The molecule has 0 atom stereocenters. The molecule has 152 valence electrons. The largest absolute Gasteiger partial charge is 0.433 e. The molecule has 2 heterocycles. The zero-order chi connectivity index (χ0) is 20.8. The highest BCUT2D eigenvalue weighted by atomic mass is 19.4. The van der Waals surface area contributed by atoms with Crippen LogP contribution in [0.2, 0.25) is 0 Å². The van der Waals surface area contributed by atoms with Gasteiger partial charge in [-0.15, -0.1) is 0 Å². The number of pyridine rings is 1. The van der Waals surface area contributed by atoms with Crippen molar-refractivity contribution in [1.29, 1.82) is 0 Å². The minimum Gasteiger partial charge on any atom is -0.346 e. The molecule has 0 amide bonds. The second-order valence-corrected chi connectivity index (χ2v) is 5.80. The molecule has 2 rings (SSSR count). The summed E-state index contributed by atoms with van der Waals surface area (Å²) in [4.78, 5) is 15.4. The van der Waals surface area contributed by atoms with Crippen LogP contribution < -0.4 is 5.32 Å². The summed E-state index contributed by atoms with van der Waals surface area (Å²) in [7, 11) is 0. The summed E-state index contributed by atoms with van der Waals surface area (Å²) in [6, 6.07) is 3.29. The Morgan fingerprint density at radius 3 is 2.57 bits per heavy atom. The highest BCUT2D eigenvalue weighted by Crippen LogP contribution is 2.27. The third-order valence-corrected chi connectivity index (χ3v) is 3.42. The Bertz CT molecular complexity index is 805. The number of nitrogens with zero attached hydrogens (tertiary/aromatic N) is 4. The van der Waals surface area contributed by atoms with Gasteiger partial charge in [-0.3, -0.25) is 4.99 Å². The van der Waals surface area contributed by atoms with Crippen molar-refractivity contribution >= 4 is 18.0 Å². The molecule has 0 aromatic carbocycles. The summed E-state index contributed by atoms with van der Waals surface area (Å²) in [5, 5.41) is 2.78. The smallest absolute Gasteiger partial charge is 0.346 e. The predicted molar refractivity (Wildman–Crippen MR) is 93.4 cm³/mol. The SMILES string of the molecule is CCC/C(=C\CC(F)(F)F)NC1=NC(c2cccc(C(F)(F)F)n2)=NC=NC1. The quantitative estimate of drug-likeness (QED) is 0.733. The summed E-state index contributed by atoms with van der Waals surface area (Å²) in [5.74, 6) is 0.0371. The number of halogens is 6. The van der Waals surface area contributed by atoms with Crippen LogP contribution in [0, 0.1) is 0 Å². The first-order valence-corrected chi connectivity index (χ1v) is 8.29. The van der Waals surface area contributed by atoms with Gasteiger partial charge in [0, 0.05) is 5.70 Å². The first-order valence-electron chi connectivity index (χ1n) is 8.29. The van der Waals surface area contributed by atoms with Crippen molar-refractivity contribution in [2.24, 2.45) is 15.0 Å². The number of hydrogen-bond acceptors (Lipinski definition) is 5. The summed E-state index contributed by atoms with van der Waals surface area (Å²) >= 11 is 0. The molecule has 1 aliphatic rings. The average molecular weight is 405 g/mol. The molecular formula is C17H17F6N5. The van der Waals surface area contributed by atoms with Crippen molar-refractivity contribution in [3.8, 4) is 0 Å². The summed E-state index contributed by atoms with van der Waals surface area (Å²) in [6.07, 6.45) is -7.03. The predicted octanol–water partition coefficient (Wildman–Crippen LogP) is 4.51. The first kappa shape index (κ1) is 21.6. The minimum atomic E-state index is -4.63. The Balaban J connectivity index is 2.28. The fraction of sp³-hybridized carbons (Fsp3) is 0.412. The number of alkyl halides is 6. The average Bonchev–Trinajstić information content (AvgIpc) is 2.84. The van der Waals surface area contributed by atoms with Gasteiger partial charge in [-0.2, -0.15) is 26.3 Å². The second-order valence-electron chi connectivity index (χ2n) is 5.80. The van der Waals surface area contributed by atoms with Crippen LogP contribution in [0.25, 0.3) is 0 Å². The Kier molecular flexibility index (Phi) is 6.92. The Morgan fingerprint density at radius 2 is 1.93 bits per heavy atom. The van der Waals surface area contributed by atoms with Gasteiger partial charge in [-0.05, 0) is 18.6 Å². The Labute approximate surface area is 157 Å². The monoisotopic (exact) mass is 405 g/mol. The van der Waals surface area contributed by atoms with Crippen LogP contribution in [0.1, 0.15) is 37.6 Å². The molecule has 0 fully saturated rings. The van der Waals surface area contributed by atoms with Crippen molar-refractivity contribution in [3.63, 3.8) is 0 Å². The van der Waals surface area contributed by atoms with Crippen LogP contribution in [-0.4, -0.2) is 35.7 Å². The first-order chi connectivity index (χ1) is 13.1. The van der Waals surface area contributed by atoms with Crippen LogP contribution >= 0.6 is 0 Å². The van der Waals surface area contributed by atoms with Gasteiger partial charge >= 0.3 is 12.4 Å². The maximum absolute atomic E-state index is 12.9. The van der Waals surface area contributed by atoms with Crippen molar-refractivity contribution in [1.82, 2.24) is 10.3 Å². The molecule has 11 heteroatoms. The van der Waals surface area contributed by atoms with Crippen LogP contribution in [0.15, 0.2) is 44.9 Å². The van der Waals surface area contributed by atoms with E-state index in [4.69, 9.17) is 0 Å². The van der Waals surface area contributed by atoms with Gasteiger partial charge in [0.25, 0.3) is 0 Å². The van der Waals surface area contributed by atoms with Gasteiger partial charge in [0.1, 0.15) is 23.6 Å². The van der Waals surface area contributed by atoms with E-state index in [2.05, 4.69) is 25.3 Å². The van der Waals surface area contributed by atoms with Crippen molar-refractivity contribution in [2.75, 3.05) is 6.54 Å². The molecule has 28 heavy (non-hydrogen) atoms. The molecular weight excluding hydrogens is 388 g/mol. The molecule has 1 aliphatic heterocycles. The number of amidine groups is 2. The molecule has 0 saturated heterocycles. The van der Waals surface area contributed by atoms with E-state index in [1.165, 1.54) is 12.1 Å². The summed E-state index contributed by atoms with van der Waals surface area (Å²) in [6.45, 7) is 1.79. The fourth-order valence-corrected chi connectivity index (χ4v) is 2.23. The standard InChI is InChI=1S/C17H17F6N5/c1-2-4-11(7-8-16(18,19)20)26-14-9-24-10-25-15(28-14)12-5-3-6-13(27-12)17(21,22)23/h3,5-7,10H,2,4,8-9H2,1H3,(H,24,25,26,28)/b11-7+. The maximum Gasteiger partial charge on any atom is 0.433 e. The van der Waals surface area contributed by atoms with Gasteiger partial charge in [-0.1, -0.05) is 25.5 Å². The number of hydrogen-bond donors (Lipinski definition) is 1. The van der Waals surface area contributed by atoms with Crippen LogP contribution in [0.4, 0.5) is 26.3 Å². The Hall–Kier alpha value is -2.72. The molecule has 0 saturated carbocycles. The molecule has 1 aromatic rings. The molecule has 5 nitrogen and oxygen atoms in total. The normalized spacial score (nSPS) is 15.8. The molecule has 0 bridgehead atoms. The van der Waals surface area contributed by atoms with Gasteiger partial charge in [-0.25, -0.2) is 15.0 Å². The van der Waals surface area contributed by atoms with E-state index >= 15 is 0 Å². The molecule has 1 N–H and O–H groups in total. The lowest BCUT2D eigenvalue weighted by molar-refractivity contribution is -0.141. The van der Waals surface area contributed by atoms with E-state index in [9.17, 15) is 26.3 Å².